The lowest BCUT2D eigenvalue weighted by atomic mass is 10.2. The molecule has 0 N–H and O–H groups in total. The van der Waals surface area contributed by atoms with Gasteiger partial charge in [0.25, 0.3) is 0 Å². The fourth-order valence-electron chi connectivity index (χ4n) is 0.679. The fraction of sp³-hybridized carbons (Fsp3) is 0.500. The highest BCUT2D eigenvalue weighted by atomic mass is 35.5. The number of hydrogen-bond donors (Lipinski definition) is 0. The van der Waals surface area contributed by atoms with Crippen LogP contribution in [0.15, 0.2) is 11.8 Å². The second-order valence-electron chi connectivity index (χ2n) is 2.55. The van der Waals surface area contributed by atoms with E-state index in [0.717, 1.165) is 0 Å². The van der Waals surface area contributed by atoms with Crippen molar-refractivity contribution in [3.63, 3.8) is 0 Å². The van der Waals surface area contributed by atoms with Gasteiger partial charge in [0.2, 0.25) is 0 Å². The molecule has 0 unspecified atom stereocenters. The van der Waals surface area contributed by atoms with Gasteiger partial charge in [-0.2, -0.15) is 0 Å². The van der Waals surface area contributed by atoms with Crippen LogP contribution in [0.2, 0.25) is 0 Å². The molecular weight excluding hydrogens is 194 g/mol. The molecule has 0 aliphatic heterocycles. The van der Waals surface area contributed by atoms with Crippen molar-refractivity contribution in [2.75, 3.05) is 27.1 Å². The maximum atomic E-state index is 11.1. The molecule has 4 nitrogen and oxygen atoms in total. The molecule has 0 bridgehead atoms. The first kappa shape index (κ1) is 12.0. The van der Waals surface area contributed by atoms with Gasteiger partial charge in [0.05, 0.1) is 13.0 Å². The number of alkyl halides is 1. The number of hydrogen-bond acceptors (Lipinski definition) is 4. The third kappa shape index (κ3) is 3.94. The van der Waals surface area contributed by atoms with Crippen LogP contribution in [0.5, 0.6) is 0 Å². The van der Waals surface area contributed by atoms with E-state index in [1.165, 1.54) is 13.3 Å². The normalized spacial score (nSPS) is 10.9. The van der Waals surface area contributed by atoms with Gasteiger partial charge < -0.3 is 9.64 Å². The molecule has 0 radical (unpaired) electrons. The molecule has 0 rings (SSSR count). The molecule has 0 aromatic rings. The average molecular weight is 206 g/mol. The summed E-state index contributed by atoms with van der Waals surface area (Å²) in [7, 11) is 4.61. The Hall–Kier alpha value is -1.03. The molecule has 0 aliphatic carbocycles. The largest absolute Gasteiger partial charge is 0.465 e. The Morgan fingerprint density at radius 3 is 2.31 bits per heavy atom. The topological polar surface area (TPSA) is 46.6 Å². The zero-order valence-electron chi connectivity index (χ0n) is 7.83. The minimum Gasteiger partial charge on any atom is -0.465 e. The summed E-state index contributed by atoms with van der Waals surface area (Å²) in [6.45, 7) is 0. The van der Waals surface area contributed by atoms with Crippen molar-refractivity contribution in [3.05, 3.63) is 11.8 Å². The smallest absolute Gasteiger partial charge is 0.343 e. The van der Waals surface area contributed by atoms with Crippen LogP contribution in [0.25, 0.3) is 0 Å². The number of Topliss-reactive ketones (excluding diaryl/α,β-unsaturated/α-hetero) is 1. The minimum atomic E-state index is -0.667. The summed E-state index contributed by atoms with van der Waals surface area (Å²) in [4.78, 5) is 23.8. The number of esters is 1. The molecule has 74 valence electrons. The molecule has 0 heterocycles. The first-order chi connectivity index (χ1) is 6.02. The Morgan fingerprint density at radius 1 is 1.46 bits per heavy atom. The molecule has 0 aromatic carbocycles. The van der Waals surface area contributed by atoms with Crippen molar-refractivity contribution >= 4 is 23.4 Å². The summed E-state index contributed by atoms with van der Waals surface area (Å²) >= 11 is 5.31. The number of carbonyl (C=O) groups excluding carboxylic acids is 2. The predicted octanol–water partition coefficient (Wildman–Crippen LogP) is 0.413. The Morgan fingerprint density at radius 2 is 2.00 bits per heavy atom. The average Bonchev–Trinajstić information content (AvgIpc) is 2.11. The van der Waals surface area contributed by atoms with Crippen LogP contribution in [-0.4, -0.2) is 43.7 Å². The number of carbonyl (C=O) groups is 2. The standard InChI is InChI=1S/C8H12ClNO3/c1-10(2)5-6(7(11)4-9)8(12)13-3/h5H,4H2,1-3H3. The first-order valence-electron chi connectivity index (χ1n) is 3.58. The molecule has 5 heteroatoms. The number of methoxy groups -OCH3 is 1. The number of rotatable bonds is 4. The molecular formula is C8H12ClNO3. The lowest BCUT2D eigenvalue weighted by molar-refractivity contribution is -0.137. The third-order valence-corrected chi connectivity index (χ3v) is 1.46. The van der Waals surface area contributed by atoms with Crippen LogP contribution >= 0.6 is 11.6 Å². The summed E-state index contributed by atoms with van der Waals surface area (Å²) in [6, 6.07) is 0. The van der Waals surface area contributed by atoms with E-state index < -0.39 is 11.8 Å². The van der Waals surface area contributed by atoms with Gasteiger partial charge in [0.1, 0.15) is 5.57 Å². The van der Waals surface area contributed by atoms with Crippen molar-refractivity contribution in [3.8, 4) is 0 Å². The van der Waals surface area contributed by atoms with E-state index in [1.54, 1.807) is 19.0 Å². The monoisotopic (exact) mass is 205 g/mol. The van der Waals surface area contributed by atoms with Crippen molar-refractivity contribution in [1.82, 2.24) is 4.90 Å². The van der Waals surface area contributed by atoms with Crippen molar-refractivity contribution in [2.45, 2.75) is 0 Å². The Balaban J connectivity index is 4.75. The van der Waals surface area contributed by atoms with Gasteiger partial charge in [-0.15, -0.1) is 11.6 Å². The van der Waals surface area contributed by atoms with Crippen LogP contribution in [0.1, 0.15) is 0 Å². The molecule has 0 aliphatic rings. The van der Waals surface area contributed by atoms with E-state index in [-0.39, 0.29) is 11.5 Å². The van der Waals surface area contributed by atoms with E-state index in [2.05, 4.69) is 4.74 Å². The summed E-state index contributed by atoms with van der Waals surface area (Å²) in [5.74, 6) is -1.34. The molecule has 0 amide bonds. The second-order valence-corrected chi connectivity index (χ2v) is 2.82. The fourth-order valence-corrected chi connectivity index (χ4v) is 0.823. The van der Waals surface area contributed by atoms with Crippen LogP contribution in [0, 0.1) is 0 Å². The van der Waals surface area contributed by atoms with Gasteiger partial charge in [-0.25, -0.2) is 4.79 Å². The highest BCUT2D eigenvalue weighted by molar-refractivity contribution is 6.34. The molecule has 13 heavy (non-hydrogen) atoms. The van der Waals surface area contributed by atoms with Crippen molar-refractivity contribution < 1.29 is 14.3 Å². The predicted molar refractivity (Wildman–Crippen MR) is 49.5 cm³/mol. The number of ether oxygens (including phenoxy) is 1. The van der Waals surface area contributed by atoms with Crippen LogP contribution in [0.4, 0.5) is 0 Å². The van der Waals surface area contributed by atoms with Gasteiger partial charge in [0, 0.05) is 20.3 Å². The Bertz CT molecular complexity index is 218. The summed E-state index contributed by atoms with van der Waals surface area (Å²) in [5.41, 5.74) is -0.0394. The van der Waals surface area contributed by atoms with Crippen LogP contribution in [-0.2, 0) is 14.3 Å². The maximum absolute atomic E-state index is 11.1. The Kier molecular flexibility index (Phi) is 5.14. The van der Waals surface area contributed by atoms with E-state index in [1.807, 2.05) is 0 Å². The first-order valence-corrected chi connectivity index (χ1v) is 4.12. The highest BCUT2D eigenvalue weighted by Gasteiger charge is 2.17. The van der Waals surface area contributed by atoms with Gasteiger partial charge in [0.15, 0.2) is 5.78 Å². The van der Waals surface area contributed by atoms with E-state index >= 15 is 0 Å². The van der Waals surface area contributed by atoms with Gasteiger partial charge in [-0.05, 0) is 0 Å². The van der Waals surface area contributed by atoms with Gasteiger partial charge in [-0.1, -0.05) is 0 Å². The van der Waals surface area contributed by atoms with Crippen LogP contribution in [0.3, 0.4) is 0 Å². The van der Waals surface area contributed by atoms with Crippen molar-refractivity contribution in [1.29, 1.82) is 0 Å². The maximum Gasteiger partial charge on any atom is 0.343 e. The van der Waals surface area contributed by atoms with Crippen molar-refractivity contribution in [2.24, 2.45) is 0 Å². The molecule has 0 atom stereocenters. The van der Waals surface area contributed by atoms with Gasteiger partial charge in [-0.3, -0.25) is 4.79 Å². The van der Waals surface area contributed by atoms with Gasteiger partial charge >= 0.3 is 5.97 Å². The minimum absolute atomic E-state index is 0.0394. The second kappa shape index (κ2) is 5.59. The molecule has 0 saturated heterocycles. The summed E-state index contributed by atoms with van der Waals surface area (Å²) < 4.78 is 4.42. The number of nitrogens with zero attached hydrogens (tertiary/aromatic N) is 1. The number of halogens is 1. The van der Waals surface area contributed by atoms with E-state index in [4.69, 9.17) is 11.6 Å². The Labute approximate surface area is 82.1 Å². The summed E-state index contributed by atoms with van der Waals surface area (Å²) in [5, 5.41) is 0. The van der Waals surface area contributed by atoms with E-state index in [0.29, 0.717) is 0 Å². The zero-order chi connectivity index (χ0) is 10.4. The SMILES string of the molecule is COC(=O)C(=CN(C)C)C(=O)CCl. The lowest BCUT2D eigenvalue weighted by Gasteiger charge is -2.08. The molecule has 0 spiro atoms. The molecule has 0 aromatic heterocycles. The lowest BCUT2D eigenvalue weighted by Crippen LogP contribution is -2.18. The zero-order valence-corrected chi connectivity index (χ0v) is 8.59. The number of ketones is 1. The molecule has 0 fully saturated rings. The van der Waals surface area contributed by atoms with Crippen LogP contribution < -0.4 is 0 Å². The van der Waals surface area contributed by atoms with E-state index in [9.17, 15) is 9.59 Å². The quantitative estimate of drug-likeness (QED) is 0.219. The summed E-state index contributed by atoms with van der Waals surface area (Å²) in [6.07, 6.45) is 1.39. The third-order valence-electron chi connectivity index (χ3n) is 1.21. The highest BCUT2D eigenvalue weighted by Crippen LogP contribution is 2.02. The molecule has 0 saturated carbocycles.